The fourth-order valence-corrected chi connectivity index (χ4v) is 2.30. The van der Waals surface area contributed by atoms with E-state index in [9.17, 15) is 0 Å². The van der Waals surface area contributed by atoms with E-state index in [0.29, 0.717) is 5.92 Å². The fourth-order valence-electron chi connectivity index (χ4n) is 2.30. The number of rotatable bonds is 4. The maximum atomic E-state index is 8.81. The van der Waals surface area contributed by atoms with Gasteiger partial charge < -0.3 is 10.0 Å². The minimum Gasteiger partial charge on any atom is -0.396 e. The summed E-state index contributed by atoms with van der Waals surface area (Å²) in [4.78, 5) is 11.2. The van der Waals surface area contributed by atoms with Gasteiger partial charge in [-0.2, -0.15) is 0 Å². The molecule has 0 aliphatic carbocycles. The van der Waals surface area contributed by atoms with Crippen LogP contribution >= 0.6 is 0 Å². The van der Waals surface area contributed by atoms with Crippen LogP contribution in [0.15, 0.2) is 12.3 Å². The molecule has 0 spiro atoms. The molecule has 1 fully saturated rings. The summed E-state index contributed by atoms with van der Waals surface area (Å²) in [5, 5.41) is 8.81. The molecule has 2 rings (SSSR count). The van der Waals surface area contributed by atoms with Crippen molar-refractivity contribution in [3.05, 3.63) is 23.8 Å². The molecule has 0 bridgehead atoms. The molecule has 0 amide bonds. The molecule has 4 nitrogen and oxygen atoms in total. The van der Waals surface area contributed by atoms with Crippen molar-refractivity contribution in [1.82, 2.24) is 14.9 Å². The standard InChI is InChI=1S/C13H21N3O/c1-16-8-5-11(6-9-16)12-4-7-14-13(15-12)3-2-10-17/h4,7,11,17H,2-3,5-6,8-10H2,1H3. The van der Waals surface area contributed by atoms with Gasteiger partial charge in [-0.3, -0.25) is 0 Å². The van der Waals surface area contributed by atoms with E-state index in [4.69, 9.17) is 5.11 Å². The monoisotopic (exact) mass is 235 g/mol. The van der Waals surface area contributed by atoms with E-state index in [2.05, 4.69) is 21.9 Å². The number of likely N-dealkylation sites (tertiary alicyclic amines) is 1. The molecule has 0 saturated carbocycles. The number of hydrogen-bond donors (Lipinski definition) is 1. The molecule has 1 aliphatic heterocycles. The van der Waals surface area contributed by atoms with E-state index >= 15 is 0 Å². The molecule has 94 valence electrons. The maximum Gasteiger partial charge on any atom is 0.128 e. The third kappa shape index (κ3) is 3.48. The first kappa shape index (κ1) is 12.5. The average molecular weight is 235 g/mol. The Hall–Kier alpha value is -1.00. The molecular formula is C13H21N3O. The molecule has 2 heterocycles. The van der Waals surface area contributed by atoms with Crippen LogP contribution in [-0.2, 0) is 6.42 Å². The Kier molecular flexibility index (Phi) is 4.45. The highest BCUT2D eigenvalue weighted by molar-refractivity contribution is 5.09. The van der Waals surface area contributed by atoms with Gasteiger partial charge in [-0.25, -0.2) is 9.97 Å². The Bertz CT molecular complexity index is 348. The number of nitrogens with zero attached hydrogens (tertiary/aromatic N) is 3. The van der Waals surface area contributed by atoms with Crippen molar-refractivity contribution in [2.24, 2.45) is 0 Å². The minimum absolute atomic E-state index is 0.210. The lowest BCUT2D eigenvalue weighted by Crippen LogP contribution is -2.29. The van der Waals surface area contributed by atoms with Crippen LogP contribution in [-0.4, -0.2) is 46.7 Å². The van der Waals surface area contributed by atoms with E-state index in [1.165, 1.54) is 18.5 Å². The van der Waals surface area contributed by atoms with Crippen LogP contribution in [0.25, 0.3) is 0 Å². The van der Waals surface area contributed by atoms with Gasteiger partial charge in [-0.05, 0) is 45.5 Å². The van der Waals surface area contributed by atoms with Crippen molar-refractivity contribution >= 4 is 0 Å². The van der Waals surface area contributed by atoms with Crippen LogP contribution < -0.4 is 0 Å². The summed E-state index contributed by atoms with van der Waals surface area (Å²) < 4.78 is 0. The lowest BCUT2D eigenvalue weighted by atomic mass is 9.93. The quantitative estimate of drug-likeness (QED) is 0.852. The summed E-state index contributed by atoms with van der Waals surface area (Å²) in [6.45, 7) is 2.52. The van der Waals surface area contributed by atoms with Gasteiger partial charge in [0.25, 0.3) is 0 Å². The first-order chi connectivity index (χ1) is 8.29. The SMILES string of the molecule is CN1CCC(c2ccnc(CCCO)n2)CC1. The second kappa shape index (κ2) is 6.07. The van der Waals surface area contributed by atoms with Gasteiger partial charge in [-0.1, -0.05) is 0 Å². The molecular weight excluding hydrogens is 214 g/mol. The van der Waals surface area contributed by atoms with Gasteiger partial charge in [0.1, 0.15) is 5.82 Å². The zero-order valence-corrected chi connectivity index (χ0v) is 10.5. The van der Waals surface area contributed by atoms with Crippen LogP contribution in [0.2, 0.25) is 0 Å². The molecule has 0 unspecified atom stereocenters. The highest BCUT2D eigenvalue weighted by Crippen LogP contribution is 2.25. The normalized spacial score (nSPS) is 18.5. The Morgan fingerprint density at radius 3 is 2.88 bits per heavy atom. The first-order valence-electron chi connectivity index (χ1n) is 6.41. The van der Waals surface area contributed by atoms with Gasteiger partial charge in [0.2, 0.25) is 0 Å². The van der Waals surface area contributed by atoms with Crippen LogP contribution in [0.1, 0.15) is 36.7 Å². The molecule has 4 heteroatoms. The van der Waals surface area contributed by atoms with Crippen molar-refractivity contribution in [3.63, 3.8) is 0 Å². The molecule has 1 aromatic heterocycles. The van der Waals surface area contributed by atoms with Crippen LogP contribution in [0.5, 0.6) is 0 Å². The molecule has 1 N–H and O–H groups in total. The number of hydrogen-bond acceptors (Lipinski definition) is 4. The van der Waals surface area contributed by atoms with Crippen LogP contribution in [0, 0.1) is 0 Å². The predicted molar refractivity (Wildman–Crippen MR) is 66.9 cm³/mol. The van der Waals surface area contributed by atoms with Gasteiger partial charge in [0.15, 0.2) is 0 Å². The Morgan fingerprint density at radius 2 is 2.18 bits per heavy atom. The second-order valence-electron chi connectivity index (χ2n) is 4.80. The van der Waals surface area contributed by atoms with Crippen molar-refractivity contribution < 1.29 is 5.11 Å². The molecule has 0 aromatic carbocycles. The first-order valence-corrected chi connectivity index (χ1v) is 6.41. The van der Waals surface area contributed by atoms with Gasteiger partial charge in [-0.15, -0.1) is 0 Å². The number of aryl methyl sites for hydroxylation is 1. The van der Waals surface area contributed by atoms with Crippen molar-refractivity contribution in [2.75, 3.05) is 26.7 Å². The number of aromatic nitrogens is 2. The van der Waals surface area contributed by atoms with Crippen LogP contribution in [0.3, 0.4) is 0 Å². The second-order valence-corrected chi connectivity index (χ2v) is 4.80. The summed E-state index contributed by atoms with van der Waals surface area (Å²) in [7, 11) is 2.17. The Labute approximate surface area is 103 Å². The smallest absolute Gasteiger partial charge is 0.128 e. The van der Waals surface area contributed by atoms with Crippen molar-refractivity contribution in [3.8, 4) is 0 Å². The maximum absolute atomic E-state index is 8.81. The molecule has 1 aromatic rings. The van der Waals surface area contributed by atoms with Crippen molar-refractivity contribution in [1.29, 1.82) is 0 Å². The third-order valence-corrected chi connectivity index (χ3v) is 3.42. The molecule has 0 atom stereocenters. The highest BCUT2D eigenvalue weighted by Gasteiger charge is 2.19. The van der Waals surface area contributed by atoms with Gasteiger partial charge >= 0.3 is 0 Å². The molecule has 1 aliphatic rings. The number of aliphatic hydroxyl groups excluding tert-OH is 1. The lowest BCUT2D eigenvalue weighted by molar-refractivity contribution is 0.253. The zero-order valence-electron chi connectivity index (χ0n) is 10.5. The molecule has 1 saturated heterocycles. The third-order valence-electron chi connectivity index (χ3n) is 3.42. The molecule has 0 radical (unpaired) electrons. The summed E-state index contributed by atoms with van der Waals surface area (Å²) in [5.74, 6) is 1.46. The lowest BCUT2D eigenvalue weighted by Gasteiger charge is -2.28. The summed E-state index contributed by atoms with van der Waals surface area (Å²) >= 11 is 0. The van der Waals surface area contributed by atoms with Crippen molar-refractivity contribution in [2.45, 2.75) is 31.6 Å². The van der Waals surface area contributed by atoms with E-state index in [1.54, 1.807) is 0 Å². The van der Waals surface area contributed by atoms with Crippen LogP contribution in [0.4, 0.5) is 0 Å². The topological polar surface area (TPSA) is 49.2 Å². The van der Waals surface area contributed by atoms with E-state index in [0.717, 1.165) is 31.8 Å². The zero-order chi connectivity index (χ0) is 12.1. The molecule has 17 heavy (non-hydrogen) atoms. The minimum atomic E-state index is 0.210. The highest BCUT2D eigenvalue weighted by atomic mass is 16.2. The van der Waals surface area contributed by atoms with E-state index in [-0.39, 0.29) is 6.61 Å². The number of aliphatic hydroxyl groups is 1. The summed E-state index contributed by atoms with van der Waals surface area (Å²) in [6.07, 6.45) is 5.75. The number of piperidine rings is 1. The predicted octanol–water partition coefficient (Wildman–Crippen LogP) is 1.21. The van der Waals surface area contributed by atoms with Gasteiger partial charge in [0.05, 0.1) is 0 Å². The summed E-state index contributed by atoms with van der Waals surface area (Å²) in [5.41, 5.74) is 1.18. The Balaban J connectivity index is 2.00. The van der Waals surface area contributed by atoms with E-state index in [1.807, 2.05) is 12.3 Å². The average Bonchev–Trinajstić information content (AvgIpc) is 2.37. The van der Waals surface area contributed by atoms with E-state index < -0.39 is 0 Å². The van der Waals surface area contributed by atoms with Gasteiger partial charge in [0, 0.05) is 30.8 Å². The largest absolute Gasteiger partial charge is 0.396 e. The fraction of sp³-hybridized carbons (Fsp3) is 0.692. The Morgan fingerprint density at radius 1 is 1.41 bits per heavy atom. The summed E-state index contributed by atoms with van der Waals surface area (Å²) in [6, 6.07) is 2.04.